The van der Waals surface area contributed by atoms with E-state index in [9.17, 15) is 9.50 Å². The molecule has 0 bridgehead atoms. The molecule has 1 aromatic carbocycles. The number of phenols is 1. The van der Waals surface area contributed by atoms with Crippen molar-refractivity contribution in [3.63, 3.8) is 0 Å². The van der Waals surface area contributed by atoms with E-state index in [4.69, 9.17) is 10.5 Å². The van der Waals surface area contributed by atoms with Gasteiger partial charge in [-0.25, -0.2) is 4.39 Å². The van der Waals surface area contributed by atoms with Crippen LogP contribution in [-0.2, 0) is 5.41 Å². The smallest absolute Gasteiger partial charge is 0.166 e. The number of halogens is 1. The molecule has 1 aliphatic rings. The number of hydrogen-bond donors (Lipinski definition) is 2. The lowest BCUT2D eigenvalue weighted by Gasteiger charge is -2.21. The van der Waals surface area contributed by atoms with Crippen molar-refractivity contribution < 1.29 is 14.2 Å². The van der Waals surface area contributed by atoms with E-state index in [1.165, 1.54) is 7.11 Å². The third-order valence-electron chi connectivity index (χ3n) is 3.80. The molecule has 0 radical (unpaired) electrons. The molecule has 1 aromatic rings. The Bertz CT molecular complexity index is 467. The Morgan fingerprint density at radius 3 is 2.35 bits per heavy atom. The highest BCUT2D eigenvalue weighted by Gasteiger charge is 2.47. The highest BCUT2D eigenvalue weighted by atomic mass is 19.1. The van der Waals surface area contributed by atoms with Crippen LogP contribution < -0.4 is 10.5 Å². The minimum Gasteiger partial charge on any atom is -0.504 e. The second kappa shape index (κ2) is 3.88. The molecule has 0 atom stereocenters. The Kier molecular flexibility index (Phi) is 2.78. The van der Waals surface area contributed by atoms with Gasteiger partial charge in [0.15, 0.2) is 11.5 Å². The SMILES string of the molecule is COc1c(C)c(F)c(C)c(C2(CN)CC2)c1O. The van der Waals surface area contributed by atoms with Crippen molar-refractivity contribution >= 4 is 0 Å². The summed E-state index contributed by atoms with van der Waals surface area (Å²) in [4.78, 5) is 0. The van der Waals surface area contributed by atoms with Gasteiger partial charge < -0.3 is 15.6 Å². The van der Waals surface area contributed by atoms with Crippen molar-refractivity contribution in [2.45, 2.75) is 32.1 Å². The van der Waals surface area contributed by atoms with Crippen molar-refractivity contribution in [3.8, 4) is 11.5 Å². The third kappa shape index (κ3) is 1.59. The lowest BCUT2D eigenvalue weighted by atomic mass is 9.89. The highest BCUT2D eigenvalue weighted by molar-refractivity contribution is 5.59. The Morgan fingerprint density at radius 1 is 1.35 bits per heavy atom. The van der Waals surface area contributed by atoms with Gasteiger partial charge in [-0.3, -0.25) is 0 Å². The van der Waals surface area contributed by atoms with Gasteiger partial charge in [-0.15, -0.1) is 0 Å². The molecule has 0 heterocycles. The molecule has 0 amide bonds. The topological polar surface area (TPSA) is 55.5 Å². The summed E-state index contributed by atoms with van der Waals surface area (Å²) in [5.74, 6) is -0.0379. The summed E-state index contributed by atoms with van der Waals surface area (Å²) in [6.45, 7) is 3.71. The summed E-state index contributed by atoms with van der Waals surface area (Å²) in [6, 6.07) is 0. The second-order valence-electron chi connectivity index (χ2n) is 4.81. The van der Waals surface area contributed by atoms with Gasteiger partial charge in [0.25, 0.3) is 0 Å². The summed E-state index contributed by atoms with van der Waals surface area (Å²) < 4.78 is 19.2. The first-order valence-corrected chi connectivity index (χ1v) is 5.74. The Balaban J connectivity index is 2.71. The lowest BCUT2D eigenvalue weighted by Crippen LogP contribution is -2.22. The molecule has 1 fully saturated rings. The second-order valence-corrected chi connectivity index (χ2v) is 4.81. The first-order chi connectivity index (χ1) is 7.98. The number of aromatic hydroxyl groups is 1. The zero-order chi connectivity index (χ0) is 12.8. The molecule has 1 aliphatic carbocycles. The van der Waals surface area contributed by atoms with Crippen molar-refractivity contribution in [2.24, 2.45) is 5.73 Å². The number of ether oxygens (including phenoxy) is 1. The molecule has 3 nitrogen and oxygen atoms in total. The van der Waals surface area contributed by atoms with E-state index in [1.807, 2.05) is 0 Å². The van der Waals surface area contributed by atoms with Crippen molar-refractivity contribution in [1.29, 1.82) is 0 Å². The number of phenolic OH excluding ortho intramolecular Hbond substituents is 1. The summed E-state index contributed by atoms with van der Waals surface area (Å²) >= 11 is 0. The third-order valence-corrected chi connectivity index (χ3v) is 3.80. The Labute approximate surface area is 100 Å². The van der Waals surface area contributed by atoms with Crippen LogP contribution in [0.25, 0.3) is 0 Å². The molecule has 17 heavy (non-hydrogen) atoms. The van der Waals surface area contributed by atoms with Gasteiger partial charge in [-0.1, -0.05) is 0 Å². The summed E-state index contributed by atoms with van der Waals surface area (Å²) in [5, 5.41) is 10.2. The van der Waals surface area contributed by atoms with Crippen LogP contribution >= 0.6 is 0 Å². The molecular formula is C13H18FNO2. The average Bonchev–Trinajstić information content (AvgIpc) is 3.08. The quantitative estimate of drug-likeness (QED) is 0.849. The predicted octanol–water partition coefficient (Wildman–Crippen LogP) is 2.15. The van der Waals surface area contributed by atoms with Crippen LogP contribution in [0.5, 0.6) is 11.5 Å². The van der Waals surface area contributed by atoms with Gasteiger partial charge in [-0.2, -0.15) is 0 Å². The molecule has 94 valence electrons. The minimum absolute atomic E-state index is 0.0480. The van der Waals surface area contributed by atoms with E-state index in [0.29, 0.717) is 23.2 Å². The van der Waals surface area contributed by atoms with Crippen LogP contribution in [-0.4, -0.2) is 18.8 Å². The first kappa shape index (κ1) is 12.2. The molecule has 1 saturated carbocycles. The van der Waals surface area contributed by atoms with Gasteiger partial charge in [0.2, 0.25) is 0 Å². The molecule has 0 unspecified atom stereocenters. The van der Waals surface area contributed by atoms with E-state index in [1.54, 1.807) is 13.8 Å². The predicted molar refractivity (Wildman–Crippen MR) is 64.1 cm³/mol. The monoisotopic (exact) mass is 239 g/mol. The van der Waals surface area contributed by atoms with Crippen molar-refractivity contribution in [1.82, 2.24) is 0 Å². The Morgan fingerprint density at radius 2 is 1.94 bits per heavy atom. The van der Waals surface area contributed by atoms with E-state index >= 15 is 0 Å². The highest BCUT2D eigenvalue weighted by Crippen LogP contribution is 2.54. The van der Waals surface area contributed by atoms with Gasteiger partial charge in [0, 0.05) is 23.1 Å². The first-order valence-electron chi connectivity index (χ1n) is 5.74. The van der Waals surface area contributed by atoms with Gasteiger partial charge in [-0.05, 0) is 32.3 Å². The molecule has 0 aliphatic heterocycles. The molecule has 0 aromatic heterocycles. The van der Waals surface area contributed by atoms with Crippen molar-refractivity contribution in [2.75, 3.05) is 13.7 Å². The van der Waals surface area contributed by atoms with Crippen LogP contribution in [0.1, 0.15) is 29.5 Å². The van der Waals surface area contributed by atoms with E-state index in [2.05, 4.69) is 0 Å². The Hall–Kier alpha value is -1.29. The maximum Gasteiger partial charge on any atom is 0.166 e. The zero-order valence-electron chi connectivity index (χ0n) is 10.4. The molecular weight excluding hydrogens is 221 g/mol. The van der Waals surface area contributed by atoms with Crippen molar-refractivity contribution in [3.05, 3.63) is 22.5 Å². The molecule has 4 heteroatoms. The van der Waals surface area contributed by atoms with Crippen LogP contribution in [0.15, 0.2) is 0 Å². The molecule has 0 saturated heterocycles. The van der Waals surface area contributed by atoms with Gasteiger partial charge in [0.05, 0.1) is 7.11 Å². The number of methoxy groups -OCH3 is 1. The minimum atomic E-state index is -0.311. The maximum absolute atomic E-state index is 14.1. The van der Waals surface area contributed by atoms with Crippen LogP contribution in [0.4, 0.5) is 4.39 Å². The van der Waals surface area contributed by atoms with Gasteiger partial charge >= 0.3 is 0 Å². The standard InChI is InChI=1S/C13H18FNO2/c1-7-9(13(6-15)4-5-13)11(16)12(17-3)8(2)10(7)14/h16H,4-6,15H2,1-3H3. The number of benzene rings is 1. The number of hydrogen-bond acceptors (Lipinski definition) is 3. The maximum atomic E-state index is 14.1. The summed E-state index contributed by atoms with van der Waals surface area (Å²) in [5.41, 5.74) is 6.95. The molecule has 2 rings (SSSR count). The summed E-state index contributed by atoms with van der Waals surface area (Å²) in [7, 11) is 1.43. The van der Waals surface area contributed by atoms with E-state index < -0.39 is 0 Å². The van der Waals surface area contributed by atoms with Crippen LogP contribution in [0.2, 0.25) is 0 Å². The van der Waals surface area contributed by atoms with E-state index in [0.717, 1.165) is 12.8 Å². The number of rotatable bonds is 3. The molecule has 0 spiro atoms. The van der Waals surface area contributed by atoms with Gasteiger partial charge in [0.1, 0.15) is 5.82 Å². The van der Waals surface area contributed by atoms with E-state index in [-0.39, 0.29) is 22.7 Å². The van der Waals surface area contributed by atoms with Crippen LogP contribution in [0.3, 0.4) is 0 Å². The molecule has 3 N–H and O–H groups in total. The summed E-state index contributed by atoms with van der Waals surface area (Å²) in [6.07, 6.45) is 1.78. The largest absolute Gasteiger partial charge is 0.504 e. The zero-order valence-corrected chi connectivity index (χ0v) is 10.4. The fourth-order valence-electron chi connectivity index (χ4n) is 2.57. The fourth-order valence-corrected chi connectivity index (χ4v) is 2.57. The lowest BCUT2D eigenvalue weighted by molar-refractivity contribution is 0.359. The fraction of sp³-hybridized carbons (Fsp3) is 0.538. The van der Waals surface area contributed by atoms with Crippen LogP contribution in [0, 0.1) is 19.7 Å². The normalized spacial score (nSPS) is 17.0. The average molecular weight is 239 g/mol. The number of nitrogens with two attached hydrogens (primary N) is 1.